The largest absolute Gasteiger partial charge is 0.496 e. The normalized spacial score (nSPS) is 15.2. The second kappa shape index (κ2) is 22.8. The first-order chi connectivity index (χ1) is 32.8. The molecule has 0 N–H and O–H groups in total. The van der Waals surface area contributed by atoms with Gasteiger partial charge >= 0.3 is 24.3 Å². The summed E-state index contributed by atoms with van der Waals surface area (Å²) in [5.74, 6) is -2.63. The molecular formula is C50H48Cl2F6N2O8S. The Kier molecular flexibility index (Phi) is 17.5. The van der Waals surface area contributed by atoms with Crippen LogP contribution < -0.4 is 9.47 Å². The molecule has 2 amide bonds. The van der Waals surface area contributed by atoms with Crippen LogP contribution in [0.5, 0.6) is 11.5 Å². The van der Waals surface area contributed by atoms with Crippen LogP contribution in [-0.4, -0.2) is 87.2 Å². The lowest BCUT2D eigenvalue weighted by Crippen LogP contribution is -2.39. The number of nitrogens with zero attached hydrogens (tertiary/aromatic N) is 2. The van der Waals surface area contributed by atoms with Gasteiger partial charge in [0.2, 0.25) is 11.8 Å². The number of halogens is 8. The minimum absolute atomic E-state index is 0.127. The first-order valence-corrected chi connectivity index (χ1v) is 23.5. The van der Waals surface area contributed by atoms with Crippen molar-refractivity contribution in [3.8, 4) is 33.8 Å². The highest BCUT2D eigenvalue weighted by atomic mass is 35.5. The minimum atomic E-state index is -5.19. The fraction of sp³-hybridized carbons (Fsp3) is 0.360. The van der Waals surface area contributed by atoms with E-state index < -0.39 is 80.2 Å². The number of methoxy groups -OCH3 is 2. The minimum Gasteiger partial charge on any atom is -0.496 e. The van der Waals surface area contributed by atoms with Crippen LogP contribution in [0.2, 0.25) is 10.0 Å². The van der Waals surface area contributed by atoms with Gasteiger partial charge in [0.1, 0.15) is 11.5 Å². The Morgan fingerprint density at radius 2 is 0.957 bits per heavy atom. The standard InChI is InChI=1S/C50H48Cl2F6N2O8S/c1-5-67-47(63)29-19-23-59(24-20-29)41(61)17-15-33-35(31-11-7-9-13-37(31)65-3)27-39(45(51)43(33)49(53,54)55)69-40-28-36(32-12-8-10-14-38(32)66-4)34(44(46(40)52)50(56,57)58)16-18-42(62)60-25-21-30(22-26-60)48(64)68-6-2/h7-18,27-30H,5-6,19-26H2,1-4H3/b17-15+,18-16+. The molecule has 4 aromatic carbocycles. The summed E-state index contributed by atoms with van der Waals surface area (Å²) in [6, 6.07) is 14.8. The number of carbonyl (C=O) groups excluding carboxylic acids is 4. The van der Waals surface area contributed by atoms with E-state index in [1.165, 1.54) is 60.4 Å². The molecule has 2 saturated heterocycles. The Balaban J connectivity index is 1.49. The zero-order valence-corrected chi connectivity index (χ0v) is 40.2. The smallest absolute Gasteiger partial charge is 0.418 e. The van der Waals surface area contributed by atoms with E-state index >= 15 is 26.3 Å². The Morgan fingerprint density at radius 3 is 1.28 bits per heavy atom. The van der Waals surface area contributed by atoms with Crippen molar-refractivity contribution in [3.63, 3.8) is 0 Å². The van der Waals surface area contributed by atoms with Gasteiger partial charge in [0.25, 0.3) is 0 Å². The van der Waals surface area contributed by atoms with Gasteiger partial charge in [-0.25, -0.2) is 0 Å². The topological polar surface area (TPSA) is 112 Å². The maximum Gasteiger partial charge on any atom is 0.418 e. The molecule has 0 radical (unpaired) electrons. The Morgan fingerprint density at radius 1 is 0.609 bits per heavy atom. The number of likely N-dealkylation sites (tertiary alicyclic amines) is 2. The number of hydrogen-bond acceptors (Lipinski definition) is 9. The Hall–Kier alpha value is -5.65. The summed E-state index contributed by atoms with van der Waals surface area (Å²) < 4.78 is 114. The second-order valence-electron chi connectivity index (χ2n) is 15.9. The van der Waals surface area contributed by atoms with E-state index in [4.69, 9.17) is 42.1 Å². The van der Waals surface area contributed by atoms with E-state index in [2.05, 4.69) is 0 Å². The highest BCUT2D eigenvalue weighted by Crippen LogP contribution is 2.53. The number of benzene rings is 4. The quantitative estimate of drug-likeness (QED) is 0.0692. The van der Waals surface area contributed by atoms with Gasteiger partial charge < -0.3 is 28.7 Å². The number of piperidine rings is 2. The number of rotatable bonds is 14. The summed E-state index contributed by atoms with van der Waals surface area (Å²) in [4.78, 5) is 53.7. The summed E-state index contributed by atoms with van der Waals surface area (Å²) >= 11 is 13.9. The number of amides is 2. The molecule has 0 aromatic heterocycles. The van der Waals surface area contributed by atoms with Gasteiger partial charge in [-0.3, -0.25) is 19.2 Å². The molecule has 10 nitrogen and oxygen atoms in total. The molecule has 2 fully saturated rings. The lowest BCUT2D eigenvalue weighted by molar-refractivity contribution is -0.151. The molecule has 2 aliphatic heterocycles. The van der Waals surface area contributed by atoms with Crippen molar-refractivity contribution in [1.82, 2.24) is 9.80 Å². The molecule has 0 aliphatic carbocycles. The van der Waals surface area contributed by atoms with Gasteiger partial charge in [0.15, 0.2) is 0 Å². The van der Waals surface area contributed by atoms with Crippen molar-refractivity contribution in [2.45, 2.75) is 61.7 Å². The number of ether oxygens (including phenoxy) is 4. The molecule has 368 valence electrons. The fourth-order valence-electron chi connectivity index (χ4n) is 8.36. The van der Waals surface area contributed by atoms with Crippen molar-refractivity contribution < 1.29 is 64.5 Å². The van der Waals surface area contributed by atoms with Crippen molar-refractivity contribution >= 4 is 70.9 Å². The lowest BCUT2D eigenvalue weighted by Gasteiger charge is -2.30. The highest BCUT2D eigenvalue weighted by Gasteiger charge is 2.41. The third-order valence-corrected chi connectivity index (χ3v) is 13.9. The molecular weight excluding hydrogens is 974 g/mol. The van der Waals surface area contributed by atoms with Gasteiger partial charge in [-0.1, -0.05) is 71.4 Å². The lowest BCUT2D eigenvalue weighted by atomic mass is 9.93. The number of para-hydroxylation sites is 2. The molecule has 69 heavy (non-hydrogen) atoms. The highest BCUT2D eigenvalue weighted by molar-refractivity contribution is 7.99. The molecule has 2 aliphatic rings. The van der Waals surface area contributed by atoms with E-state index in [1.54, 1.807) is 38.1 Å². The SMILES string of the molecule is CCOC(=O)C1CCN(C(=O)/C=C/c2c(-c3ccccc3OC)cc(Sc3cc(-c4ccccc4OC)c(/C=C/C(=O)N4CCC(C(=O)OCC)CC4)c(C(F)(F)F)c3Cl)c(Cl)c2C(F)(F)F)CC1. The first kappa shape index (κ1) is 52.7. The maximum atomic E-state index is 15.5. The van der Waals surface area contributed by atoms with E-state index in [1.807, 2.05) is 0 Å². The van der Waals surface area contributed by atoms with Crippen molar-refractivity contribution in [1.29, 1.82) is 0 Å². The molecule has 0 saturated carbocycles. The van der Waals surface area contributed by atoms with Gasteiger partial charge in [0.05, 0.1) is 60.4 Å². The maximum absolute atomic E-state index is 15.5. The third-order valence-electron chi connectivity index (χ3n) is 11.8. The van der Waals surface area contributed by atoms with Gasteiger partial charge in [-0.2, -0.15) is 26.3 Å². The summed E-state index contributed by atoms with van der Waals surface area (Å²) in [5.41, 5.74) is -3.80. The molecule has 0 unspecified atom stereocenters. The average molecular weight is 1020 g/mol. The predicted molar refractivity (Wildman–Crippen MR) is 251 cm³/mol. The van der Waals surface area contributed by atoms with E-state index in [0.29, 0.717) is 37.4 Å². The van der Waals surface area contributed by atoms with E-state index in [0.717, 1.165) is 24.3 Å². The fourth-order valence-corrected chi connectivity index (χ4v) is 10.1. The first-order valence-electron chi connectivity index (χ1n) is 21.9. The molecule has 19 heteroatoms. The van der Waals surface area contributed by atoms with Crippen LogP contribution in [0.3, 0.4) is 0 Å². The molecule has 0 spiro atoms. The van der Waals surface area contributed by atoms with E-state index in [9.17, 15) is 19.2 Å². The third kappa shape index (κ3) is 12.2. The Labute approximate surface area is 409 Å². The van der Waals surface area contributed by atoms with Crippen molar-refractivity contribution in [2.75, 3.05) is 53.6 Å². The van der Waals surface area contributed by atoms with Gasteiger partial charge in [-0.05, 0) is 98.2 Å². The second-order valence-corrected chi connectivity index (χ2v) is 17.8. The summed E-state index contributed by atoms with van der Waals surface area (Å²) in [7, 11) is 2.62. The zero-order chi connectivity index (χ0) is 50.2. The van der Waals surface area contributed by atoms with Crippen LogP contribution >= 0.6 is 35.0 Å². The van der Waals surface area contributed by atoms with Gasteiger partial charge in [-0.15, -0.1) is 0 Å². The molecule has 0 atom stereocenters. The van der Waals surface area contributed by atoms with Crippen LogP contribution in [0.4, 0.5) is 26.3 Å². The molecule has 0 bridgehead atoms. The average Bonchev–Trinajstić information content (AvgIpc) is 3.33. The van der Waals surface area contributed by atoms with Crippen LogP contribution in [-0.2, 0) is 41.0 Å². The van der Waals surface area contributed by atoms with Crippen LogP contribution in [0.1, 0.15) is 61.8 Å². The predicted octanol–water partition coefficient (Wildman–Crippen LogP) is 12.2. The van der Waals surface area contributed by atoms with Crippen molar-refractivity contribution in [3.05, 3.63) is 105 Å². The van der Waals surface area contributed by atoms with Crippen LogP contribution in [0.25, 0.3) is 34.4 Å². The summed E-state index contributed by atoms with van der Waals surface area (Å²) in [5, 5.41) is -1.78. The molecule has 2 heterocycles. The summed E-state index contributed by atoms with van der Waals surface area (Å²) in [6.07, 6.45) is -5.27. The zero-order valence-electron chi connectivity index (χ0n) is 37.9. The number of carbonyl (C=O) groups is 4. The number of hydrogen-bond donors (Lipinski definition) is 0. The van der Waals surface area contributed by atoms with Crippen molar-refractivity contribution in [2.24, 2.45) is 11.8 Å². The number of esters is 2. The molecule has 4 aromatic rings. The van der Waals surface area contributed by atoms with Crippen LogP contribution in [0.15, 0.2) is 82.6 Å². The van der Waals surface area contributed by atoms with E-state index in [-0.39, 0.29) is 82.9 Å². The monoisotopic (exact) mass is 1020 g/mol. The van der Waals surface area contributed by atoms with Gasteiger partial charge in [0, 0.05) is 59.2 Å². The Bertz CT molecular complexity index is 2450. The van der Waals surface area contributed by atoms with Crippen LogP contribution in [0, 0.1) is 11.8 Å². The molecule has 6 rings (SSSR count). The number of alkyl halides is 6. The summed E-state index contributed by atoms with van der Waals surface area (Å²) in [6.45, 7) is 4.33.